The lowest BCUT2D eigenvalue weighted by molar-refractivity contribution is 0.0954. The first-order valence-electron chi connectivity index (χ1n) is 6.11. The Labute approximate surface area is 116 Å². The molecule has 3 amide bonds. The molecule has 0 unspecified atom stereocenters. The van der Waals surface area contributed by atoms with Crippen molar-refractivity contribution in [2.24, 2.45) is 0 Å². The molecule has 0 bridgehead atoms. The molecule has 1 heterocycles. The molecule has 0 aromatic heterocycles. The minimum Gasteiger partial charge on any atom is -0.376 e. The van der Waals surface area contributed by atoms with Gasteiger partial charge >= 0.3 is 6.03 Å². The highest BCUT2D eigenvalue weighted by molar-refractivity contribution is 6.30. The molecule has 1 atom stereocenters. The lowest BCUT2D eigenvalue weighted by Crippen LogP contribution is -2.42. The van der Waals surface area contributed by atoms with Gasteiger partial charge in [-0.25, -0.2) is 4.79 Å². The molecule has 102 valence electrons. The van der Waals surface area contributed by atoms with Gasteiger partial charge in [-0.1, -0.05) is 11.6 Å². The third-order valence-electron chi connectivity index (χ3n) is 2.85. The van der Waals surface area contributed by atoms with Crippen LogP contribution in [0.4, 0.5) is 4.79 Å². The maximum Gasteiger partial charge on any atom is 0.321 e. The van der Waals surface area contributed by atoms with Gasteiger partial charge in [0.25, 0.3) is 5.91 Å². The van der Waals surface area contributed by atoms with Crippen LogP contribution in [0.25, 0.3) is 0 Å². The SMILES string of the molecule is O=C(NC[C@H]1CCCO1)NC(=O)c1ccc(Cl)cc1. The molecule has 0 saturated carbocycles. The zero-order valence-corrected chi connectivity index (χ0v) is 11.1. The van der Waals surface area contributed by atoms with E-state index in [-0.39, 0.29) is 6.10 Å². The summed E-state index contributed by atoms with van der Waals surface area (Å²) in [4.78, 5) is 23.2. The van der Waals surface area contributed by atoms with Gasteiger partial charge in [-0.2, -0.15) is 0 Å². The Morgan fingerprint density at radius 2 is 2.05 bits per heavy atom. The topological polar surface area (TPSA) is 67.4 Å². The van der Waals surface area contributed by atoms with E-state index in [9.17, 15) is 9.59 Å². The van der Waals surface area contributed by atoms with E-state index in [4.69, 9.17) is 16.3 Å². The third-order valence-corrected chi connectivity index (χ3v) is 3.10. The van der Waals surface area contributed by atoms with Gasteiger partial charge in [0.2, 0.25) is 0 Å². The molecule has 6 heteroatoms. The van der Waals surface area contributed by atoms with Crippen LogP contribution in [-0.2, 0) is 4.74 Å². The van der Waals surface area contributed by atoms with E-state index in [0.717, 1.165) is 19.4 Å². The summed E-state index contributed by atoms with van der Waals surface area (Å²) in [7, 11) is 0. The molecular weight excluding hydrogens is 268 g/mol. The molecule has 0 spiro atoms. The molecule has 5 nitrogen and oxygen atoms in total. The molecule has 1 aromatic carbocycles. The van der Waals surface area contributed by atoms with Crippen molar-refractivity contribution in [2.45, 2.75) is 18.9 Å². The number of benzene rings is 1. The molecule has 1 fully saturated rings. The zero-order valence-electron chi connectivity index (χ0n) is 10.3. The van der Waals surface area contributed by atoms with Crippen molar-refractivity contribution in [2.75, 3.05) is 13.2 Å². The van der Waals surface area contributed by atoms with E-state index in [1.807, 2.05) is 0 Å². The number of halogens is 1. The van der Waals surface area contributed by atoms with E-state index in [2.05, 4.69) is 10.6 Å². The van der Waals surface area contributed by atoms with Crippen LogP contribution in [0.5, 0.6) is 0 Å². The van der Waals surface area contributed by atoms with Crippen molar-refractivity contribution in [3.05, 3.63) is 34.9 Å². The average molecular weight is 283 g/mol. The van der Waals surface area contributed by atoms with Gasteiger partial charge in [0.05, 0.1) is 6.10 Å². The lowest BCUT2D eigenvalue weighted by Gasteiger charge is -2.11. The first-order valence-corrected chi connectivity index (χ1v) is 6.49. The largest absolute Gasteiger partial charge is 0.376 e. The number of amides is 3. The Bertz CT molecular complexity index is 455. The van der Waals surface area contributed by atoms with Crippen molar-refractivity contribution in [3.8, 4) is 0 Å². The van der Waals surface area contributed by atoms with E-state index in [1.54, 1.807) is 24.3 Å². The molecule has 19 heavy (non-hydrogen) atoms. The van der Waals surface area contributed by atoms with Crippen LogP contribution in [0.2, 0.25) is 5.02 Å². The van der Waals surface area contributed by atoms with Gasteiger partial charge in [0.1, 0.15) is 0 Å². The fourth-order valence-corrected chi connectivity index (χ4v) is 1.96. The van der Waals surface area contributed by atoms with Crippen molar-refractivity contribution in [1.82, 2.24) is 10.6 Å². The van der Waals surface area contributed by atoms with E-state index in [1.165, 1.54) is 0 Å². The van der Waals surface area contributed by atoms with Crippen molar-refractivity contribution in [1.29, 1.82) is 0 Å². The average Bonchev–Trinajstić information content (AvgIpc) is 2.90. The van der Waals surface area contributed by atoms with Gasteiger partial charge in [-0.05, 0) is 37.1 Å². The molecule has 1 aliphatic rings. The van der Waals surface area contributed by atoms with Crippen LogP contribution in [0, 0.1) is 0 Å². The number of carbonyl (C=O) groups is 2. The van der Waals surface area contributed by atoms with Gasteiger partial charge in [0.15, 0.2) is 0 Å². The predicted molar refractivity (Wildman–Crippen MR) is 71.3 cm³/mol. The summed E-state index contributed by atoms with van der Waals surface area (Å²) in [6.07, 6.45) is 2.00. The number of rotatable bonds is 3. The third kappa shape index (κ3) is 4.22. The van der Waals surface area contributed by atoms with Gasteiger partial charge in [-0.15, -0.1) is 0 Å². The van der Waals surface area contributed by atoms with Crippen LogP contribution in [0.1, 0.15) is 23.2 Å². The highest BCUT2D eigenvalue weighted by atomic mass is 35.5. The number of urea groups is 1. The monoisotopic (exact) mass is 282 g/mol. The maximum atomic E-state index is 11.7. The molecule has 0 radical (unpaired) electrons. The van der Waals surface area contributed by atoms with Crippen LogP contribution < -0.4 is 10.6 Å². The minimum absolute atomic E-state index is 0.0522. The summed E-state index contributed by atoms with van der Waals surface area (Å²) >= 11 is 5.72. The number of hydrogen-bond acceptors (Lipinski definition) is 3. The Balaban J connectivity index is 1.77. The molecule has 0 aliphatic carbocycles. The number of nitrogens with one attached hydrogen (secondary N) is 2. The fourth-order valence-electron chi connectivity index (χ4n) is 1.83. The van der Waals surface area contributed by atoms with Crippen LogP contribution in [-0.4, -0.2) is 31.2 Å². The van der Waals surface area contributed by atoms with E-state index < -0.39 is 11.9 Å². The maximum absolute atomic E-state index is 11.7. The zero-order chi connectivity index (χ0) is 13.7. The highest BCUT2D eigenvalue weighted by Gasteiger charge is 2.17. The number of carbonyl (C=O) groups excluding carboxylic acids is 2. The lowest BCUT2D eigenvalue weighted by atomic mass is 10.2. The van der Waals surface area contributed by atoms with Gasteiger partial charge < -0.3 is 10.1 Å². The van der Waals surface area contributed by atoms with E-state index >= 15 is 0 Å². The summed E-state index contributed by atoms with van der Waals surface area (Å²) in [5, 5.41) is 5.41. The Hall–Kier alpha value is -1.59. The van der Waals surface area contributed by atoms with Crippen molar-refractivity contribution < 1.29 is 14.3 Å². The first-order chi connectivity index (χ1) is 9.15. The second-order valence-electron chi connectivity index (χ2n) is 4.31. The van der Waals surface area contributed by atoms with Crippen molar-refractivity contribution >= 4 is 23.5 Å². The smallest absolute Gasteiger partial charge is 0.321 e. The van der Waals surface area contributed by atoms with Crippen molar-refractivity contribution in [3.63, 3.8) is 0 Å². The van der Waals surface area contributed by atoms with Crippen LogP contribution in [0.15, 0.2) is 24.3 Å². The summed E-state index contributed by atoms with van der Waals surface area (Å²) in [6.45, 7) is 1.15. The van der Waals surface area contributed by atoms with Gasteiger partial charge in [-0.3, -0.25) is 10.1 Å². The molecule has 1 saturated heterocycles. The Kier molecular flexibility index (Phi) is 4.76. The van der Waals surface area contributed by atoms with Crippen LogP contribution >= 0.6 is 11.6 Å². The normalized spacial score (nSPS) is 18.1. The molecule has 1 aliphatic heterocycles. The quantitative estimate of drug-likeness (QED) is 0.890. The second-order valence-corrected chi connectivity index (χ2v) is 4.74. The van der Waals surface area contributed by atoms with E-state index in [0.29, 0.717) is 17.1 Å². The van der Waals surface area contributed by atoms with Crippen LogP contribution in [0.3, 0.4) is 0 Å². The molecule has 2 N–H and O–H groups in total. The standard InChI is InChI=1S/C13H15ClN2O3/c14-10-5-3-9(4-6-10)12(17)16-13(18)15-8-11-2-1-7-19-11/h3-6,11H,1-2,7-8H2,(H2,15,16,17,18)/t11-/m1/s1. The number of hydrogen-bond donors (Lipinski definition) is 2. The molecular formula is C13H15ClN2O3. The number of ether oxygens (including phenoxy) is 1. The number of imide groups is 1. The Morgan fingerprint density at radius 1 is 1.32 bits per heavy atom. The Morgan fingerprint density at radius 3 is 2.68 bits per heavy atom. The highest BCUT2D eigenvalue weighted by Crippen LogP contribution is 2.11. The second kappa shape index (κ2) is 6.54. The molecule has 2 rings (SSSR count). The summed E-state index contributed by atoms with van der Waals surface area (Å²) in [5.74, 6) is -0.457. The predicted octanol–water partition coefficient (Wildman–Crippen LogP) is 1.96. The summed E-state index contributed by atoms with van der Waals surface area (Å²) in [5.41, 5.74) is 0.386. The van der Waals surface area contributed by atoms with Gasteiger partial charge in [0, 0.05) is 23.7 Å². The first kappa shape index (κ1) is 13.8. The fraction of sp³-hybridized carbons (Fsp3) is 0.385. The molecule has 1 aromatic rings. The summed E-state index contributed by atoms with van der Waals surface area (Å²) < 4.78 is 5.36. The minimum atomic E-state index is -0.518. The summed E-state index contributed by atoms with van der Waals surface area (Å²) in [6, 6.07) is 5.80.